The van der Waals surface area contributed by atoms with E-state index in [0.717, 1.165) is 35.0 Å². The highest BCUT2D eigenvalue weighted by molar-refractivity contribution is 7.89. The van der Waals surface area contributed by atoms with Crippen LogP contribution in [0.4, 0.5) is 4.39 Å². The van der Waals surface area contributed by atoms with E-state index in [1.54, 1.807) is 0 Å². The van der Waals surface area contributed by atoms with E-state index in [2.05, 4.69) is 31.3 Å². The Morgan fingerprint density at radius 3 is 2.44 bits per heavy atom. The Labute approximate surface area is 159 Å². The number of sulfonamides is 1. The average molecular weight is 396 g/mol. The van der Waals surface area contributed by atoms with E-state index in [4.69, 9.17) is 0 Å². The van der Waals surface area contributed by atoms with Crippen molar-refractivity contribution in [2.24, 2.45) is 21.8 Å². The first-order valence-electron chi connectivity index (χ1n) is 9.06. The zero-order valence-corrected chi connectivity index (χ0v) is 16.9. The minimum absolute atomic E-state index is 0.0307. The lowest BCUT2D eigenvalue weighted by Crippen LogP contribution is -2.38. The van der Waals surface area contributed by atoms with Crippen LogP contribution in [0.5, 0.6) is 0 Å². The molecule has 2 aliphatic rings. The topological polar surface area (TPSA) is 78.8 Å². The first-order chi connectivity index (χ1) is 12.5. The molecule has 6 nitrogen and oxygen atoms in total. The number of halogens is 1. The molecule has 8 heteroatoms. The standard InChI is InChI=1S/C19H26FN3O3S/c1-18(2)13-9-10-19(18,3)16(11-13)21-22-17(24)12-23(4)27(25,26)15-7-5-14(20)6-8-15/h5-8,13H,9-12H2,1-4H3,(H,22,24)/b21-16-/t13-,19+/m0/s1. The van der Waals surface area contributed by atoms with Crippen LogP contribution in [-0.4, -0.2) is 37.9 Å². The maximum atomic E-state index is 13.0. The lowest BCUT2D eigenvalue weighted by atomic mass is 9.70. The molecule has 2 atom stereocenters. The zero-order valence-electron chi connectivity index (χ0n) is 16.1. The van der Waals surface area contributed by atoms with Crippen LogP contribution in [0.1, 0.15) is 40.0 Å². The van der Waals surface area contributed by atoms with Gasteiger partial charge in [0.1, 0.15) is 5.82 Å². The van der Waals surface area contributed by atoms with Crippen molar-refractivity contribution < 1.29 is 17.6 Å². The van der Waals surface area contributed by atoms with Crippen LogP contribution < -0.4 is 5.43 Å². The Morgan fingerprint density at radius 2 is 1.93 bits per heavy atom. The first-order valence-corrected chi connectivity index (χ1v) is 10.5. The molecule has 2 fully saturated rings. The van der Waals surface area contributed by atoms with Gasteiger partial charge in [0, 0.05) is 18.2 Å². The lowest BCUT2D eigenvalue weighted by Gasteiger charge is -2.34. The summed E-state index contributed by atoms with van der Waals surface area (Å²) in [5, 5.41) is 4.34. The van der Waals surface area contributed by atoms with Gasteiger partial charge in [0.05, 0.1) is 11.4 Å². The minimum Gasteiger partial charge on any atom is -0.272 e. The SMILES string of the molecule is CN(CC(=O)N/N=C1/C[C@@H]2CC[C@@]1(C)C2(C)C)S(=O)(=O)c1ccc(F)cc1. The Hall–Kier alpha value is -1.80. The van der Waals surface area contributed by atoms with Gasteiger partial charge in [-0.3, -0.25) is 4.79 Å². The molecule has 0 unspecified atom stereocenters. The van der Waals surface area contributed by atoms with Gasteiger partial charge in [0.2, 0.25) is 10.0 Å². The number of hydrogen-bond donors (Lipinski definition) is 1. The Morgan fingerprint density at radius 1 is 1.30 bits per heavy atom. The van der Waals surface area contributed by atoms with Crippen molar-refractivity contribution >= 4 is 21.6 Å². The number of carbonyl (C=O) groups is 1. The highest BCUT2D eigenvalue weighted by Crippen LogP contribution is 2.63. The number of carbonyl (C=O) groups excluding carboxylic acids is 1. The fourth-order valence-corrected chi connectivity index (χ4v) is 5.46. The second kappa shape index (κ2) is 6.67. The Balaban J connectivity index is 1.65. The van der Waals surface area contributed by atoms with Crippen LogP contribution in [0.25, 0.3) is 0 Å². The third kappa shape index (κ3) is 3.29. The number of amides is 1. The minimum atomic E-state index is -3.87. The Bertz CT molecular complexity index is 880. The summed E-state index contributed by atoms with van der Waals surface area (Å²) in [5.74, 6) is -0.452. The molecular formula is C19H26FN3O3S. The van der Waals surface area contributed by atoms with Crippen LogP contribution in [-0.2, 0) is 14.8 Å². The summed E-state index contributed by atoms with van der Waals surface area (Å²) in [5.41, 5.74) is 3.63. The molecular weight excluding hydrogens is 369 g/mol. The van der Waals surface area contributed by atoms with E-state index >= 15 is 0 Å². The molecule has 2 aliphatic carbocycles. The molecule has 1 aromatic carbocycles. The predicted octanol–water partition coefficient (Wildman–Crippen LogP) is 2.76. The molecule has 2 saturated carbocycles. The van der Waals surface area contributed by atoms with Gasteiger partial charge in [0.25, 0.3) is 5.91 Å². The van der Waals surface area contributed by atoms with Crippen molar-refractivity contribution in [3.8, 4) is 0 Å². The summed E-state index contributed by atoms with van der Waals surface area (Å²) in [6, 6.07) is 4.50. The van der Waals surface area contributed by atoms with Crippen molar-refractivity contribution in [2.45, 2.75) is 44.9 Å². The average Bonchev–Trinajstić information content (AvgIpc) is 2.93. The summed E-state index contributed by atoms with van der Waals surface area (Å²) in [6.45, 7) is 6.33. The highest BCUT2D eigenvalue weighted by Gasteiger charge is 2.60. The third-order valence-electron chi connectivity index (χ3n) is 6.72. The number of benzene rings is 1. The number of nitrogens with one attached hydrogen (secondary N) is 1. The fourth-order valence-electron chi connectivity index (χ4n) is 4.34. The number of fused-ring (bicyclic) bond motifs is 2. The van der Waals surface area contributed by atoms with Crippen LogP contribution >= 0.6 is 0 Å². The van der Waals surface area contributed by atoms with Crippen molar-refractivity contribution in [2.75, 3.05) is 13.6 Å². The monoisotopic (exact) mass is 395 g/mol. The van der Waals surface area contributed by atoms with Gasteiger partial charge in [0.15, 0.2) is 0 Å². The molecule has 27 heavy (non-hydrogen) atoms. The lowest BCUT2D eigenvalue weighted by molar-refractivity contribution is -0.121. The molecule has 3 rings (SSSR count). The summed E-state index contributed by atoms with van der Waals surface area (Å²) >= 11 is 0. The first kappa shape index (κ1) is 19.9. The second-order valence-electron chi connectivity index (χ2n) is 8.30. The van der Waals surface area contributed by atoms with Crippen molar-refractivity contribution in [3.63, 3.8) is 0 Å². The Kier molecular flexibility index (Phi) is 4.93. The summed E-state index contributed by atoms with van der Waals surface area (Å²) in [6.07, 6.45) is 3.10. The zero-order chi connectivity index (χ0) is 20.0. The van der Waals surface area contributed by atoms with Gasteiger partial charge in [-0.2, -0.15) is 9.41 Å². The number of nitrogens with zero attached hydrogens (tertiary/aromatic N) is 2. The molecule has 0 saturated heterocycles. The molecule has 0 radical (unpaired) electrons. The molecule has 148 valence electrons. The van der Waals surface area contributed by atoms with Gasteiger partial charge in [-0.25, -0.2) is 18.2 Å². The molecule has 2 bridgehead atoms. The van der Waals surface area contributed by atoms with Gasteiger partial charge in [-0.1, -0.05) is 20.8 Å². The maximum Gasteiger partial charge on any atom is 0.255 e. The van der Waals surface area contributed by atoms with Crippen molar-refractivity contribution in [3.05, 3.63) is 30.1 Å². The quantitative estimate of drug-likeness (QED) is 0.779. The van der Waals surface area contributed by atoms with Crippen LogP contribution in [0.15, 0.2) is 34.3 Å². The molecule has 1 amide bonds. The number of rotatable bonds is 5. The van der Waals surface area contributed by atoms with Crippen LogP contribution in [0.2, 0.25) is 0 Å². The van der Waals surface area contributed by atoms with Crippen LogP contribution in [0.3, 0.4) is 0 Å². The number of hydrogen-bond acceptors (Lipinski definition) is 4. The molecule has 0 heterocycles. The maximum absolute atomic E-state index is 13.0. The summed E-state index contributed by atoms with van der Waals surface area (Å²) in [7, 11) is -2.56. The highest BCUT2D eigenvalue weighted by atomic mass is 32.2. The third-order valence-corrected chi connectivity index (χ3v) is 8.53. The van der Waals surface area contributed by atoms with E-state index in [-0.39, 0.29) is 22.3 Å². The van der Waals surface area contributed by atoms with Gasteiger partial charge in [-0.05, 0) is 54.9 Å². The van der Waals surface area contributed by atoms with Gasteiger partial charge in [-0.15, -0.1) is 0 Å². The molecule has 0 spiro atoms. The van der Waals surface area contributed by atoms with Crippen LogP contribution in [0, 0.1) is 22.6 Å². The molecule has 0 aliphatic heterocycles. The fraction of sp³-hybridized carbons (Fsp3) is 0.579. The summed E-state index contributed by atoms with van der Waals surface area (Å²) in [4.78, 5) is 12.2. The smallest absolute Gasteiger partial charge is 0.255 e. The van der Waals surface area contributed by atoms with E-state index in [1.165, 1.54) is 25.6 Å². The number of hydrazone groups is 1. The van der Waals surface area contributed by atoms with Crippen molar-refractivity contribution in [1.29, 1.82) is 0 Å². The van der Waals surface area contributed by atoms with E-state index < -0.39 is 21.7 Å². The van der Waals surface area contributed by atoms with E-state index in [0.29, 0.717) is 5.92 Å². The van der Waals surface area contributed by atoms with E-state index in [1.807, 2.05) is 0 Å². The molecule has 1 N–H and O–H groups in total. The van der Waals surface area contributed by atoms with Gasteiger partial charge < -0.3 is 0 Å². The van der Waals surface area contributed by atoms with E-state index in [9.17, 15) is 17.6 Å². The van der Waals surface area contributed by atoms with Gasteiger partial charge >= 0.3 is 0 Å². The largest absolute Gasteiger partial charge is 0.272 e. The molecule has 0 aromatic heterocycles. The molecule has 1 aromatic rings. The van der Waals surface area contributed by atoms with Crippen molar-refractivity contribution in [1.82, 2.24) is 9.73 Å². The predicted molar refractivity (Wildman–Crippen MR) is 101 cm³/mol. The normalized spacial score (nSPS) is 28.1. The summed E-state index contributed by atoms with van der Waals surface area (Å²) < 4.78 is 38.9. The number of likely N-dealkylation sites (N-methyl/N-ethyl adjacent to an activating group) is 1. The second-order valence-corrected chi connectivity index (χ2v) is 10.3.